The first-order valence-corrected chi connectivity index (χ1v) is 10.2. The van der Waals surface area contributed by atoms with Crippen LogP contribution in [0.15, 0.2) is 24.3 Å². The fourth-order valence-corrected chi connectivity index (χ4v) is 3.28. The van der Waals surface area contributed by atoms with Gasteiger partial charge in [-0.25, -0.2) is 0 Å². The third-order valence-corrected chi connectivity index (χ3v) is 4.95. The van der Waals surface area contributed by atoms with Gasteiger partial charge in [-0.05, 0) is 45.7 Å². The Morgan fingerprint density at radius 3 is 2.52 bits per heavy atom. The van der Waals surface area contributed by atoms with E-state index >= 15 is 0 Å². The maximum Gasteiger partial charge on any atom is 0.225 e. The molecule has 1 atom stereocenters. The molecule has 0 saturated carbocycles. The van der Waals surface area contributed by atoms with Crippen molar-refractivity contribution in [3.63, 3.8) is 0 Å². The summed E-state index contributed by atoms with van der Waals surface area (Å²) >= 11 is 0. The molecule has 0 aromatic heterocycles. The molecule has 2 N–H and O–H groups in total. The summed E-state index contributed by atoms with van der Waals surface area (Å²) in [6.07, 6.45) is 1.24. The third kappa shape index (κ3) is 7.07. The van der Waals surface area contributed by atoms with Crippen molar-refractivity contribution in [3.05, 3.63) is 29.8 Å². The average molecular weight is 404 g/mol. The van der Waals surface area contributed by atoms with Gasteiger partial charge in [-0.3, -0.25) is 14.4 Å². The number of aryl methyl sites for hydroxylation is 1. The number of rotatable bonds is 9. The van der Waals surface area contributed by atoms with Crippen molar-refractivity contribution in [1.82, 2.24) is 15.5 Å². The van der Waals surface area contributed by atoms with Crippen molar-refractivity contribution in [2.75, 3.05) is 26.2 Å². The average Bonchev–Trinajstić information content (AvgIpc) is 3.06. The predicted molar refractivity (Wildman–Crippen MR) is 112 cm³/mol. The van der Waals surface area contributed by atoms with Gasteiger partial charge in [0.25, 0.3) is 0 Å². The molecule has 0 aliphatic carbocycles. The second kappa shape index (κ2) is 10.3. The molecular formula is C22H33N3O4. The smallest absolute Gasteiger partial charge is 0.225 e. The van der Waals surface area contributed by atoms with Gasteiger partial charge in [0.15, 0.2) is 0 Å². The highest BCUT2D eigenvalue weighted by Gasteiger charge is 2.39. The minimum atomic E-state index is -0.323. The normalized spacial score (nSPS) is 16.6. The van der Waals surface area contributed by atoms with E-state index in [0.29, 0.717) is 39.1 Å². The summed E-state index contributed by atoms with van der Waals surface area (Å²) in [5, 5.41) is 5.60. The van der Waals surface area contributed by atoms with E-state index in [2.05, 4.69) is 10.6 Å². The summed E-state index contributed by atoms with van der Waals surface area (Å²) in [4.78, 5) is 38.0. The molecule has 1 heterocycles. The Balaban J connectivity index is 1.57. The van der Waals surface area contributed by atoms with Gasteiger partial charge in [0.2, 0.25) is 17.7 Å². The third-order valence-electron chi connectivity index (χ3n) is 4.95. The molecular weight excluding hydrogens is 370 g/mol. The van der Waals surface area contributed by atoms with E-state index in [-0.39, 0.29) is 35.6 Å². The molecule has 0 bridgehead atoms. The molecule has 1 aliphatic heterocycles. The van der Waals surface area contributed by atoms with E-state index in [1.165, 1.54) is 0 Å². The van der Waals surface area contributed by atoms with Crippen molar-refractivity contribution in [2.24, 2.45) is 5.92 Å². The molecule has 1 aromatic carbocycles. The van der Waals surface area contributed by atoms with Crippen LogP contribution in [0.25, 0.3) is 0 Å². The Bertz CT molecular complexity index is 727. The molecule has 3 amide bonds. The van der Waals surface area contributed by atoms with E-state index in [0.717, 1.165) is 11.3 Å². The number of carbonyl (C=O) groups excluding carboxylic acids is 3. The minimum Gasteiger partial charge on any atom is -0.493 e. The molecule has 1 aliphatic rings. The van der Waals surface area contributed by atoms with Crippen LogP contribution in [-0.2, 0) is 14.4 Å². The lowest BCUT2D eigenvalue weighted by molar-refractivity contribution is -0.132. The zero-order valence-corrected chi connectivity index (χ0v) is 17.9. The van der Waals surface area contributed by atoms with Crippen LogP contribution in [0.2, 0.25) is 0 Å². The second-order valence-corrected chi connectivity index (χ2v) is 8.43. The lowest BCUT2D eigenvalue weighted by Crippen LogP contribution is -2.43. The van der Waals surface area contributed by atoms with Crippen molar-refractivity contribution in [3.8, 4) is 5.75 Å². The SMILES string of the molecule is Cc1ccccc1OCCCC(=O)NCCNC(=O)C1CC(=O)N(C(C)(C)C)C1. The molecule has 1 aromatic rings. The highest BCUT2D eigenvalue weighted by atomic mass is 16.5. The fourth-order valence-electron chi connectivity index (χ4n) is 3.28. The minimum absolute atomic E-state index is 0.0128. The summed E-state index contributed by atoms with van der Waals surface area (Å²) in [5.74, 6) is 0.328. The first kappa shape index (κ1) is 22.7. The first-order valence-electron chi connectivity index (χ1n) is 10.2. The van der Waals surface area contributed by atoms with Gasteiger partial charge >= 0.3 is 0 Å². The number of hydrogen-bond donors (Lipinski definition) is 2. The summed E-state index contributed by atoms with van der Waals surface area (Å²) in [6, 6.07) is 7.78. The zero-order chi connectivity index (χ0) is 21.4. The van der Waals surface area contributed by atoms with Crippen LogP contribution in [0.5, 0.6) is 5.75 Å². The molecule has 160 valence electrons. The largest absolute Gasteiger partial charge is 0.493 e. The number of amides is 3. The number of nitrogens with one attached hydrogen (secondary N) is 2. The van der Waals surface area contributed by atoms with Crippen LogP contribution in [0.3, 0.4) is 0 Å². The Morgan fingerprint density at radius 2 is 1.86 bits per heavy atom. The standard InChI is InChI=1S/C22H33N3O4/c1-16-8-5-6-9-18(16)29-13-7-10-19(26)23-11-12-24-21(28)17-14-20(27)25(15-17)22(2,3)4/h5-6,8-9,17H,7,10-15H2,1-4H3,(H,23,26)(H,24,28). The van der Waals surface area contributed by atoms with Gasteiger partial charge in [0.1, 0.15) is 5.75 Å². The van der Waals surface area contributed by atoms with Crippen LogP contribution in [0, 0.1) is 12.8 Å². The molecule has 7 nitrogen and oxygen atoms in total. The maximum atomic E-state index is 12.3. The highest BCUT2D eigenvalue weighted by Crippen LogP contribution is 2.25. The van der Waals surface area contributed by atoms with Gasteiger partial charge in [-0.1, -0.05) is 18.2 Å². The monoisotopic (exact) mass is 403 g/mol. The summed E-state index contributed by atoms with van der Waals surface area (Å²) < 4.78 is 5.67. The van der Waals surface area contributed by atoms with Crippen LogP contribution in [0.1, 0.15) is 45.6 Å². The number of para-hydroxylation sites is 1. The zero-order valence-electron chi connectivity index (χ0n) is 17.9. The van der Waals surface area contributed by atoms with Crippen LogP contribution >= 0.6 is 0 Å². The highest BCUT2D eigenvalue weighted by molar-refractivity contribution is 5.89. The van der Waals surface area contributed by atoms with Gasteiger partial charge in [0, 0.05) is 38.0 Å². The molecule has 1 saturated heterocycles. The quantitative estimate of drug-likeness (QED) is 0.618. The van der Waals surface area contributed by atoms with Gasteiger partial charge < -0.3 is 20.3 Å². The Morgan fingerprint density at radius 1 is 1.17 bits per heavy atom. The van der Waals surface area contributed by atoms with Gasteiger partial charge in [-0.2, -0.15) is 0 Å². The van der Waals surface area contributed by atoms with E-state index in [4.69, 9.17) is 4.74 Å². The number of benzene rings is 1. The Kier molecular flexibility index (Phi) is 8.05. The lowest BCUT2D eigenvalue weighted by atomic mass is 10.1. The van der Waals surface area contributed by atoms with Gasteiger partial charge in [0.05, 0.1) is 12.5 Å². The summed E-state index contributed by atoms with van der Waals surface area (Å²) in [6.45, 7) is 9.53. The van der Waals surface area contributed by atoms with E-state index in [1.807, 2.05) is 52.0 Å². The molecule has 2 rings (SSSR count). The van der Waals surface area contributed by atoms with Crippen LogP contribution in [0.4, 0.5) is 0 Å². The molecule has 0 radical (unpaired) electrons. The van der Waals surface area contributed by atoms with Crippen molar-refractivity contribution in [2.45, 2.75) is 52.5 Å². The fraction of sp³-hybridized carbons (Fsp3) is 0.591. The number of carbonyl (C=O) groups is 3. The number of likely N-dealkylation sites (tertiary alicyclic amines) is 1. The molecule has 1 fully saturated rings. The molecule has 29 heavy (non-hydrogen) atoms. The topological polar surface area (TPSA) is 87.7 Å². The molecule has 1 unspecified atom stereocenters. The summed E-state index contributed by atoms with van der Waals surface area (Å²) in [5.41, 5.74) is 0.797. The first-order chi connectivity index (χ1) is 13.7. The number of hydrogen-bond acceptors (Lipinski definition) is 4. The molecule has 0 spiro atoms. The summed E-state index contributed by atoms with van der Waals surface area (Å²) in [7, 11) is 0. The predicted octanol–water partition coefficient (Wildman–Crippen LogP) is 2.03. The van der Waals surface area contributed by atoms with Crippen molar-refractivity contribution >= 4 is 17.7 Å². The van der Waals surface area contributed by atoms with E-state index in [9.17, 15) is 14.4 Å². The number of nitrogens with zero attached hydrogens (tertiary/aromatic N) is 1. The van der Waals surface area contributed by atoms with Gasteiger partial charge in [-0.15, -0.1) is 0 Å². The Labute approximate surface area is 173 Å². The van der Waals surface area contributed by atoms with E-state index < -0.39 is 0 Å². The maximum absolute atomic E-state index is 12.3. The van der Waals surface area contributed by atoms with E-state index in [1.54, 1.807) is 4.90 Å². The Hall–Kier alpha value is -2.57. The van der Waals surface area contributed by atoms with Crippen LogP contribution < -0.4 is 15.4 Å². The second-order valence-electron chi connectivity index (χ2n) is 8.43. The van der Waals surface area contributed by atoms with Crippen LogP contribution in [-0.4, -0.2) is 54.4 Å². The lowest BCUT2D eigenvalue weighted by Gasteiger charge is -2.31. The molecule has 7 heteroatoms. The van der Waals surface area contributed by atoms with Crippen molar-refractivity contribution in [1.29, 1.82) is 0 Å². The number of ether oxygens (including phenoxy) is 1. The van der Waals surface area contributed by atoms with Crippen molar-refractivity contribution < 1.29 is 19.1 Å².